The highest BCUT2D eigenvalue weighted by Gasteiger charge is 2.36. The molecule has 1 aliphatic heterocycles. The molecule has 0 aromatic heterocycles. The normalized spacial score (nSPS) is 15.2. The Hall–Kier alpha value is -4.07. The highest BCUT2D eigenvalue weighted by Crippen LogP contribution is 2.23. The van der Waals surface area contributed by atoms with E-state index in [1.54, 1.807) is 39.5 Å². The van der Waals surface area contributed by atoms with Crippen molar-refractivity contribution in [2.45, 2.75) is 77.2 Å². The van der Waals surface area contributed by atoms with E-state index in [-0.39, 0.29) is 12.0 Å². The zero-order valence-corrected chi connectivity index (χ0v) is 24.6. The number of benzene rings is 3. The molecule has 3 amide bonds. The van der Waals surface area contributed by atoms with Gasteiger partial charge in [-0.25, -0.2) is 4.79 Å². The van der Waals surface area contributed by atoms with Crippen LogP contribution in [0.5, 0.6) is 5.75 Å². The fourth-order valence-electron chi connectivity index (χ4n) is 4.95. The van der Waals surface area contributed by atoms with Gasteiger partial charge in [0.05, 0.1) is 0 Å². The molecule has 0 bridgehead atoms. The Labute approximate surface area is 242 Å². The zero-order chi connectivity index (χ0) is 29.6. The monoisotopic (exact) mass is 559 g/mol. The molecule has 8 heteroatoms. The molecule has 0 saturated carbocycles. The van der Waals surface area contributed by atoms with E-state index in [9.17, 15) is 14.4 Å². The molecular formula is C33H41N3O5. The largest absolute Gasteiger partial charge is 0.490 e. The minimum atomic E-state index is -1.31. The summed E-state index contributed by atoms with van der Waals surface area (Å²) >= 11 is 0. The quantitative estimate of drug-likeness (QED) is 0.394. The van der Waals surface area contributed by atoms with Gasteiger partial charge in [0.1, 0.15) is 29.0 Å². The number of likely N-dealkylation sites (tertiary alicyclic amines) is 1. The summed E-state index contributed by atoms with van der Waals surface area (Å²) < 4.78 is 11.5. The molecule has 1 aliphatic rings. The molecule has 1 saturated heterocycles. The number of alkyl carbamates (subject to hydrolysis) is 1. The number of piperidine rings is 1. The summed E-state index contributed by atoms with van der Waals surface area (Å²) in [4.78, 5) is 41.7. The maximum atomic E-state index is 13.9. The average molecular weight is 560 g/mol. The van der Waals surface area contributed by atoms with Gasteiger partial charge in [0.2, 0.25) is 11.8 Å². The Bertz CT molecular complexity index is 1350. The van der Waals surface area contributed by atoms with Crippen molar-refractivity contribution in [2.75, 3.05) is 13.1 Å². The number of nitrogens with one attached hydrogen (secondary N) is 2. The van der Waals surface area contributed by atoms with Gasteiger partial charge in [0.15, 0.2) is 0 Å². The fourth-order valence-corrected chi connectivity index (χ4v) is 4.95. The molecule has 0 radical (unpaired) electrons. The second-order valence-corrected chi connectivity index (χ2v) is 12.1. The van der Waals surface area contributed by atoms with Crippen LogP contribution in [0.2, 0.25) is 0 Å². The van der Waals surface area contributed by atoms with Crippen LogP contribution >= 0.6 is 0 Å². The van der Waals surface area contributed by atoms with E-state index in [0.29, 0.717) is 32.4 Å². The minimum absolute atomic E-state index is 0.0181. The highest BCUT2D eigenvalue weighted by molar-refractivity contribution is 5.94. The number of hydrogen-bond acceptors (Lipinski definition) is 5. The molecule has 3 aromatic carbocycles. The van der Waals surface area contributed by atoms with E-state index >= 15 is 0 Å². The minimum Gasteiger partial charge on any atom is -0.490 e. The number of ether oxygens (including phenoxy) is 2. The van der Waals surface area contributed by atoms with Crippen molar-refractivity contribution in [3.05, 3.63) is 78.4 Å². The summed E-state index contributed by atoms with van der Waals surface area (Å²) in [5.74, 6) is 0.194. The van der Waals surface area contributed by atoms with E-state index in [2.05, 4.69) is 10.6 Å². The van der Waals surface area contributed by atoms with Crippen molar-refractivity contribution in [3.63, 3.8) is 0 Å². The van der Waals surface area contributed by atoms with Crippen molar-refractivity contribution in [1.29, 1.82) is 0 Å². The molecule has 0 unspecified atom stereocenters. The van der Waals surface area contributed by atoms with Crippen LogP contribution in [0.3, 0.4) is 0 Å². The number of hydrogen-bond donors (Lipinski definition) is 2. The maximum Gasteiger partial charge on any atom is 0.408 e. The van der Waals surface area contributed by atoms with Gasteiger partial charge in [-0.1, -0.05) is 60.7 Å². The van der Waals surface area contributed by atoms with E-state index < -0.39 is 29.2 Å². The summed E-state index contributed by atoms with van der Waals surface area (Å²) in [6.07, 6.45) is 1.02. The van der Waals surface area contributed by atoms with Gasteiger partial charge >= 0.3 is 6.09 Å². The Morgan fingerprint density at radius 1 is 0.878 bits per heavy atom. The molecule has 0 aliphatic carbocycles. The first-order valence-corrected chi connectivity index (χ1v) is 14.2. The first kappa shape index (κ1) is 29.9. The number of para-hydroxylation sites is 1. The SMILES string of the molecule is CC(C)(C)OC(=O)NC(C)(C)C(=O)N[C@H](Cc1cccc2ccccc12)C(=O)N1CCC(Oc2ccccc2)CC1. The molecule has 2 N–H and O–H groups in total. The van der Waals surface area contributed by atoms with E-state index in [4.69, 9.17) is 9.47 Å². The Kier molecular flexibility index (Phi) is 9.21. The Morgan fingerprint density at radius 2 is 1.51 bits per heavy atom. The lowest BCUT2D eigenvalue weighted by molar-refractivity contribution is -0.139. The molecule has 8 nitrogen and oxygen atoms in total. The third-order valence-corrected chi connectivity index (χ3v) is 7.09. The molecule has 218 valence electrons. The average Bonchev–Trinajstić information content (AvgIpc) is 2.92. The van der Waals surface area contributed by atoms with Gasteiger partial charge in [0, 0.05) is 32.4 Å². The van der Waals surface area contributed by atoms with Crippen LogP contribution in [-0.2, 0) is 20.7 Å². The Morgan fingerprint density at radius 3 is 2.20 bits per heavy atom. The lowest BCUT2D eigenvalue weighted by Gasteiger charge is -2.35. The van der Waals surface area contributed by atoms with Crippen LogP contribution < -0.4 is 15.4 Å². The molecule has 1 heterocycles. The topological polar surface area (TPSA) is 97.0 Å². The zero-order valence-electron chi connectivity index (χ0n) is 24.6. The fraction of sp³-hybridized carbons (Fsp3) is 0.424. The summed E-state index contributed by atoms with van der Waals surface area (Å²) in [6, 6.07) is 22.8. The van der Waals surface area contributed by atoms with Gasteiger partial charge in [0.25, 0.3) is 0 Å². The van der Waals surface area contributed by atoms with Crippen LogP contribution in [0.1, 0.15) is 53.0 Å². The second kappa shape index (κ2) is 12.6. The molecule has 0 spiro atoms. The van der Waals surface area contributed by atoms with E-state index in [1.807, 2.05) is 72.8 Å². The Balaban J connectivity index is 1.50. The van der Waals surface area contributed by atoms with Gasteiger partial charge in [-0.05, 0) is 63.1 Å². The van der Waals surface area contributed by atoms with Crippen LogP contribution in [-0.4, -0.2) is 59.2 Å². The molecule has 1 fully saturated rings. The van der Waals surface area contributed by atoms with Gasteiger partial charge in [-0.3, -0.25) is 9.59 Å². The van der Waals surface area contributed by atoms with Crippen LogP contribution in [0.15, 0.2) is 72.8 Å². The van der Waals surface area contributed by atoms with Crippen molar-refractivity contribution in [2.24, 2.45) is 0 Å². The second-order valence-electron chi connectivity index (χ2n) is 12.1. The first-order valence-electron chi connectivity index (χ1n) is 14.2. The first-order chi connectivity index (χ1) is 19.4. The number of carbonyl (C=O) groups is 3. The molecule has 1 atom stereocenters. The van der Waals surface area contributed by atoms with Crippen LogP contribution in [0.4, 0.5) is 4.79 Å². The smallest absolute Gasteiger partial charge is 0.408 e. The summed E-state index contributed by atoms with van der Waals surface area (Å²) in [5.41, 5.74) is -1.06. The molecular weight excluding hydrogens is 518 g/mol. The summed E-state index contributed by atoms with van der Waals surface area (Å²) in [5, 5.41) is 7.69. The lowest BCUT2D eigenvalue weighted by atomic mass is 9.96. The molecule has 41 heavy (non-hydrogen) atoms. The number of carbonyl (C=O) groups excluding carboxylic acids is 3. The number of amides is 3. The summed E-state index contributed by atoms with van der Waals surface area (Å²) in [6.45, 7) is 9.51. The number of fused-ring (bicyclic) bond motifs is 1. The summed E-state index contributed by atoms with van der Waals surface area (Å²) in [7, 11) is 0. The van der Waals surface area contributed by atoms with Gasteiger partial charge in [-0.2, -0.15) is 0 Å². The molecule has 4 rings (SSSR count). The highest BCUT2D eigenvalue weighted by atomic mass is 16.6. The third-order valence-electron chi connectivity index (χ3n) is 7.09. The number of nitrogens with zero attached hydrogens (tertiary/aromatic N) is 1. The van der Waals surface area contributed by atoms with Crippen molar-refractivity contribution < 1.29 is 23.9 Å². The van der Waals surface area contributed by atoms with Crippen LogP contribution in [0, 0.1) is 0 Å². The maximum absolute atomic E-state index is 13.9. The number of rotatable bonds is 8. The van der Waals surface area contributed by atoms with Crippen molar-refractivity contribution >= 4 is 28.7 Å². The van der Waals surface area contributed by atoms with Crippen molar-refractivity contribution in [1.82, 2.24) is 15.5 Å². The van der Waals surface area contributed by atoms with Gasteiger partial charge < -0.3 is 25.0 Å². The lowest BCUT2D eigenvalue weighted by Crippen LogP contribution is -2.60. The van der Waals surface area contributed by atoms with Crippen LogP contribution in [0.25, 0.3) is 10.8 Å². The predicted octanol–water partition coefficient (Wildman–Crippen LogP) is 5.24. The standard InChI is InChI=1S/C33H41N3O5/c1-32(2,3)41-31(39)35-33(4,5)30(38)34-28(22-24-14-11-13-23-12-9-10-17-27(23)24)29(37)36-20-18-26(19-21-36)40-25-15-7-6-8-16-25/h6-17,26,28H,18-22H2,1-5H3,(H,34,38)(H,35,39)/t28-/m1/s1. The third kappa shape index (κ3) is 8.22. The van der Waals surface area contributed by atoms with Crippen molar-refractivity contribution in [3.8, 4) is 5.75 Å². The van der Waals surface area contributed by atoms with E-state index in [1.165, 1.54) is 0 Å². The molecule has 3 aromatic rings. The predicted molar refractivity (Wildman–Crippen MR) is 160 cm³/mol. The van der Waals surface area contributed by atoms with E-state index in [0.717, 1.165) is 22.1 Å². The van der Waals surface area contributed by atoms with Gasteiger partial charge in [-0.15, -0.1) is 0 Å².